The Morgan fingerprint density at radius 3 is 2.74 bits per heavy atom. The van der Waals surface area contributed by atoms with Gasteiger partial charge in [-0.3, -0.25) is 4.90 Å². The van der Waals surface area contributed by atoms with Crippen LogP contribution in [0.5, 0.6) is 5.75 Å². The summed E-state index contributed by atoms with van der Waals surface area (Å²) in [6.07, 6.45) is 4.17. The van der Waals surface area contributed by atoms with Crippen molar-refractivity contribution in [1.29, 1.82) is 0 Å². The summed E-state index contributed by atoms with van der Waals surface area (Å²) >= 11 is 0. The van der Waals surface area contributed by atoms with E-state index >= 15 is 0 Å². The standard InChI is InChI=1S/C16H25NO2/c1-13(17-11-3-4-15(18)12-17)5-6-14-7-9-16(19-2)10-8-14/h7-10,13,15,18H,3-6,11-12H2,1-2H3/t13-,15-/m1/s1. The second-order valence-electron chi connectivity index (χ2n) is 5.53. The molecule has 1 aromatic carbocycles. The number of benzene rings is 1. The zero-order valence-corrected chi connectivity index (χ0v) is 12.0. The minimum absolute atomic E-state index is 0.128. The van der Waals surface area contributed by atoms with Crippen molar-refractivity contribution in [1.82, 2.24) is 4.90 Å². The molecule has 2 rings (SSSR count). The third-order valence-electron chi connectivity index (χ3n) is 4.06. The van der Waals surface area contributed by atoms with Crippen molar-refractivity contribution in [3.63, 3.8) is 0 Å². The number of hydrogen-bond donors (Lipinski definition) is 1. The van der Waals surface area contributed by atoms with Gasteiger partial charge in [0, 0.05) is 12.6 Å². The SMILES string of the molecule is COc1ccc(CC[C@@H](C)N2CCC[C@@H](O)C2)cc1. The van der Waals surface area contributed by atoms with Crippen LogP contribution < -0.4 is 4.74 Å². The molecule has 1 N–H and O–H groups in total. The molecule has 1 aliphatic rings. The van der Waals surface area contributed by atoms with Crippen LogP contribution in [-0.2, 0) is 6.42 Å². The summed E-state index contributed by atoms with van der Waals surface area (Å²) in [5.41, 5.74) is 1.35. The lowest BCUT2D eigenvalue weighted by atomic mass is 10.0. The smallest absolute Gasteiger partial charge is 0.118 e. The maximum Gasteiger partial charge on any atom is 0.118 e. The summed E-state index contributed by atoms with van der Waals surface area (Å²) < 4.78 is 5.17. The number of piperidine rings is 1. The molecular weight excluding hydrogens is 238 g/mol. The van der Waals surface area contributed by atoms with Gasteiger partial charge in [-0.1, -0.05) is 12.1 Å². The van der Waals surface area contributed by atoms with Gasteiger partial charge in [0.25, 0.3) is 0 Å². The predicted octanol–water partition coefficient (Wildman–Crippen LogP) is 2.47. The van der Waals surface area contributed by atoms with Crippen molar-refractivity contribution in [3.8, 4) is 5.75 Å². The van der Waals surface area contributed by atoms with Gasteiger partial charge >= 0.3 is 0 Å². The first kappa shape index (κ1) is 14.4. The highest BCUT2D eigenvalue weighted by Crippen LogP contribution is 2.17. The van der Waals surface area contributed by atoms with Gasteiger partial charge in [0.15, 0.2) is 0 Å². The Balaban J connectivity index is 1.80. The van der Waals surface area contributed by atoms with Gasteiger partial charge in [0.1, 0.15) is 5.75 Å². The predicted molar refractivity (Wildman–Crippen MR) is 77.6 cm³/mol. The summed E-state index contributed by atoms with van der Waals surface area (Å²) in [6, 6.07) is 8.85. The number of hydrogen-bond acceptors (Lipinski definition) is 3. The molecule has 106 valence electrons. The van der Waals surface area contributed by atoms with Gasteiger partial charge in [-0.25, -0.2) is 0 Å². The number of nitrogens with zero attached hydrogens (tertiary/aromatic N) is 1. The largest absolute Gasteiger partial charge is 0.497 e. The quantitative estimate of drug-likeness (QED) is 0.886. The first-order chi connectivity index (χ1) is 9.19. The van der Waals surface area contributed by atoms with Crippen molar-refractivity contribution in [3.05, 3.63) is 29.8 Å². The van der Waals surface area contributed by atoms with E-state index < -0.39 is 0 Å². The fourth-order valence-corrected chi connectivity index (χ4v) is 2.73. The van der Waals surface area contributed by atoms with Crippen LogP contribution in [0.25, 0.3) is 0 Å². The maximum absolute atomic E-state index is 9.72. The minimum atomic E-state index is -0.128. The molecule has 19 heavy (non-hydrogen) atoms. The lowest BCUT2D eigenvalue weighted by Gasteiger charge is -2.34. The van der Waals surface area contributed by atoms with Gasteiger partial charge < -0.3 is 9.84 Å². The van der Waals surface area contributed by atoms with Crippen LogP contribution in [0.3, 0.4) is 0 Å². The molecule has 0 aromatic heterocycles. The number of aliphatic hydroxyl groups is 1. The van der Waals surface area contributed by atoms with Gasteiger partial charge in [-0.15, -0.1) is 0 Å². The van der Waals surface area contributed by atoms with E-state index in [1.807, 2.05) is 12.1 Å². The monoisotopic (exact) mass is 263 g/mol. The molecule has 2 atom stereocenters. The highest BCUT2D eigenvalue weighted by atomic mass is 16.5. The number of ether oxygens (including phenoxy) is 1. The lowest BCUT2D eigenvalue weighted by Crippen LogP contribution is -2.43. The molecule has 0 unspecified atom stereocenters. The van der Waals surface area contributed by atoms with Gasteiger partial charge in [0.05, 0.1) is 13.2 Å². The molecule has 3 nitrogen and oxygen atoms in total. The van der Waals surface area contributed by atoms with E-state index in [0.29, 0.717) is 6.04 Å². The molecule has 0 spiro atoms. The van der Waals surface area contributed by atoms with Crippen LogP contribution in [0.1, 0.15) is 31.7 Å². The Morgan fingerprint density at radius 1 is 1.37 bits per heavy atom. The number of methoxy groups -OCH3 is 1. The number of rotatable bonds is 5. The van der Waals surface area contributed by atoms with Crippen LogP contribution >= 0.6 is 0 Å². The summed E-state index contributed by atoms with van der Waals surface area (Å²) in [6.45, 7) is 4.23. The Labute approximate surface area is 116 Å². The molecule has 1 saturated heterocycles. The molecule has 0 saturated carbocycles. The average Bonchev–Trinajstić information content (AvgIpc) is 2.45. The van der Waals surface area contributed by atoms with Crippen LogP contribution in [0, 0.1) is 0 Å². The third kappa shape index (κ3) is 4.22. The topological polar surface area (TPSA) is 32.7 Å². The average molecular weight is 263 g/mol. The number of aryl methyl sites for hydroxylation is 1. The van der Waals surface area contributed by atoms with Gasteiger partial charge in [-0.2, -0.15) is 0 Å². The molecule has 1 aromatic rings. The molecule has 3 heteroatoms. The Kier molecular flexibility index (Phi) is 5.23. The van der Waals surface area contributed by atoms with E-state index in [0.717, 1.165) is 44.5 Å². The maximum atomic E-state index is 9.72. The fourth-order valence-electron chi connectivity index (χ4n) is 2.73. The molecule has 0 bridgehead atoms. The molecule has 1 fully saturated rings. The van der Waals surface area contributed by atoms with Crippen LogP contribution in [-0.4, -0.2) is 42.4 Å². The van der Waals surface area contributed by atoms with Crippen molar-refractivity contribution < 1.29 is 9.84 Å². The summed E-state index contributed by atoms with van der Waals surface area (Å²) in [7, 11) is 1.69. The van der Waals surface area contributed by atoms with Crippen LogP contribution in [0.15, 0.2) is 24.3 Å². The van der Waals surface area contributed by atoms with E-state index in [9.17, 15) is 5.11 Å². The zero-order chi connectivity index (χ0) is 13.7. The van der Waals surface area contributed by atoms with Crippen LogP contribution in [0.4, 0.5) is 0 Å². The molecule has 0 aliphatic carbocycles. The van der Waals surface area contributed by atoms with Gasteiger partial charge in [0.2, 0.25) is 0 Å². The van der Waals surface area contributed by atoms with Crippen molar-refractivity contribution in [2.45, 2.75) is 44.8 Å². The summed E-state index contributed by atoms with van der Waals surface area (Å²) in [4.78, 5) is 2.41. The highest BCUT2D eigenvalue weighted by Gasteiger charge is 2.21. The number of aliphatic hydroxyl groups excluding tert-OH is 1. The lowest BCUT2D eigenvalue weighted by molar-refractivity contribution is 0.0487. The van der Waals surface area contributed by atoms with E-state index in [2.05, 4.69) is 24.0 Å². The molecule has 0 amide bonds. The van der Waals surface area contributed by atoms with E-state index in [4.69, 9.17) is 4.74 Å². The van der Waals surface area contributed by atoms with E-state index in [1.165, 1.54) is 5.56 Å². The van der Waals surface area contributed by atoms with Crippen LogP contribution in [0.2, 0.25) is 0 Å². The van der Waals surface area contributed by atoms with E-state index in [-0.39, 0.29) is 6.10 Å². The van der Waals surface area contributed by atoms with Crippen molar-refractivity contribution in [2.75, 3.05) is 20.2 Å². The first-order valence-corrected chi connectivity index (χ1v) is 7.24. The van der Waals surface area contributed by atoms with Gasteiger partial charge in [-0.05, 0) is 56.8 Å². The Morgan fingerprint density at radius 2 is 2.11 bits per heavy atom. The molecule has 0 radical (unpaired) electrons. The fraction of sp³-hybridized carbons (Fsp3) is 0.625. The molecular formula is C16H25NO2. The second kappa shape index (κ2) is 6.92. The van der Waals surface area contributed by atoms with Crippen molar-refractivity contribution in [2.24, 2.45) is 0 Å². The molecule has 1 aliphatic heterocycles. The number of β-amino-alcohol motifs (C(OH)–C–C–N with tert-alkyl or cyclic N) is 1. The Hall–Kier alpha value is -1.06. The van der Waals surface area contributed by atoms with E-state index in [1.54, 1.807) is 7.11 Å². The number of likely N-dealkylation sites (tertiary alicyclic amines) is 1. The van der Waals surface area contributed by atoms with Crippen molar-refractivity contribution >= 4 is 0 Å². The molecule has 1 heterocycles. The second-order valence-corrected chi connectivity index (χ2v) is 5.53. The highest BCUT2D eigenvalue weighted by molar-refractivity contribution is 5.27. The minimum Gasteiger partial charge on any atom is -0.497 e. The third-order valence-corrected chi connectivity index (χ3v) is 4.06. The Bertz CT molecular complexity index is 377. The summed E-state index contributed by atoms with van der Waals surface area (Å²) in [5, 5.41) is 9.72. The first-order valence-electron chi connectivity index (χ1n) is 7.24. The normalized spacial score (nSPS) is 22.2. The summed E-state index contributed by atoms with van der Waals surface area (Å²) in [5.74, 6) is 0.913. The zero-order valence-electron chi connectivity index (χ0n) is 12.0.